The van der Waals surface area contributed by atoms with Crippen LogP contribution in [-0.2, 0) is 14.8 Å². The molecule has 2 N–H and O–H groups in total. The number of sulfonamides is 1. The molecule has 1 saturated heterocycles. The highest BCUT2D eigenvalue weighted by atomic mass is 32.2. The van der Waals surface area contributed by atoms with E-state index in [2.05, 4.69) is 27.5 Å². The second-order valence-corrected chi connectivity index (χ2v) is 8.27. The Labute approximate surface area is 151 Å². The molecule has 0 saturated carbocycles. The molecule has 9 heteroatoms. The van der Waals surface area contributed by atoms with Gasteiger partial charge in [-0.05, 0) is 31.4 Å². The molecule has 3 amide bonds. The molecule has 3 rings (SSSR count). The Morgan fingerprint density at radius 1 is 1.31 bits per heavy atom. The Hall–Kier alpha value is -2.70. The number of urea groups is 1. The minimum atomic E-state index is -3.72. The lowest BCUT2D eigenvalue weighted by molar-refractivity contribution is -0.122. The van der Waals surface area contributed by atoms with Crippen molar-refractivity contribution >= 4 is 22.0 Å². The van der Waals surface area contributed by atoms with Gasteiger partial charge in [0.05, 0.1) is 5.75 Å². The number of carbonyl (C=O) groups is 2. The topological polar surface area (TPSA) is 108 Å². The Kier molecular flexibility index (Phi) is 4.80. The van der Waals surface area contributed by atoms with E-state index in [0.717, 1.165) is 5.57 Å². The predicted octanol–water partition coefficient (Wildman–Crippen LogP) is -0.00690. The Bertz CT molecular complexity index is 931. The number of hydrogen-bond donors (Lipinski definition) is 2. The molecule has 26 heavy (non-hydrogen) atoms. The van der Waals surface area contributed by atoms with Gasteiger partial charge < -0.3 is 5.32 Å². The zero-order valence-electron chi connectivity index (χ0n) is 14.2. The molecule has 0 aromatic carbocycles. The fourth-order valence-corrected chi connectivity index (χ4v) is 4.52. The first-order valence-corrected chi connectivity index (χ1v) is 9.63. The number of nitrogens with one attached hydrogen (secondary N) is 2. The maximum Gasteiger partial charge on any atom is 0.322 e. The molecule has 1 fully saturated rings. The summed E-state index contributed by atoms with van der Waals surface area (Å²) in [5.74, 6) is 4.83. The van der Waals surface area contributed by atoms with Crippen LogP contribution in [0.5, 0.6) is 0 Å². The van der Waals surface area contributed by atoms with Crippen LogP contribution in [-0.4, -0.2) is 54.0 Å². The van der Waals surface area contributed by atoms with Crippen LogP contribution in [0.15, 0.2) is 36.0 Å². The Balaban J connectivity index is 1.67. The number of rotatable bonds is 3. The zero-order chi connectivity index (χ0) is 18.8. The van der Waals surface area contributed by atoms with Crippen molar-refractivity contribution in [1.82, 2.24) is 19.9 Å². The average molecular weight is 374 g/mol. The molecule has 0 radical (unpaired) electrons. The highest BCUT2D eigenvalue weighted by Crippen LogP contribution is 2.19. The van der Waals surface area contributed by atoms with E-state index in [-0.39, 0.29) is 13.1 Å². The second-order valence-electron chi connectivity index (χ2n) is 6.30. The van der Waals surface area contributed by atoms with Gasteiger partial charge in [-0.2, -0.15) is 4.31 Å². The van der Waals surface area contributed by atoms with Crippen LogP contribution < -0.4 is 10.6 Å². The number of hydrogen-bond acceptors (Lipinski definition) is 5. The normalized spacial score (nSPS) is 23.5. The highest BCUT2D eigenvalue weighted by molar-refractivity contribution is 7.89. The van der Waals surface area contributed by atoms with Gasteiger partial charge in [0.25, 0.3) is 5.91 Å². The predicted molar refractivity (Wildman–Crippen MR) is 94.3 cm³/mol. The van der Waals surface area contributed by atoms with E-state index >= 15 is 0 Å². The third-order valence-corrected chi connectivity index (χ3v) is 6.23. The minimum absolute atomic E-state index is 0.181. The number of amides is 3. The summed E-state index contributed by atoms with van der Waals surface area (Å²) in [4.78, 5) is 27.2. The minimum Gasteiger partial charge on any atom is -0.322 e. The van der Waals surface area contributed by atoms with Gasteiger partial charge in [-0.3, -0.25) is 10.1 Å². The summed E-state index contributed by atoms with van der Waals surface area (Å²) in [5.41, 5.74) is 0.0400. The third kappa shape index (κ3) is 3.92. The van der Waals surface area contributed by atoms with Crippen LogP contribution in [0.2, 0.25) is 0 Å². The molecule has 0 spiro atoms. The zero-order valence-corrected chi connectivity index (χ0v) is 15.0. The summed E-state index contributed by atoms with van der Waals surface area (Å²) in [5, 5.41) is 4.44. The van der Waals surface area contributed by atoms with Crippen LogP contribution in [0.1, 0.15) is 19.0 Å². The SMILES string of the molecule is C[C@]1(CS(=O)(=O)N2CC=C(C#Cc3ccccn3)CC2)NC(=O)NC1=O. The number of imide groups is 1. The Morgan fingerprint density at radius 2 is 2.12 bits per heavy atom. The first kappa shape index (κ1) is 18.1. The summed E-state index contributed by atoms with van der Waals surface area (Å²) < 4.78 is 26.5. The molecular weight excluding hydrogens is 356 g/mol. The molecule has 2 aliphatic rings. The van der Waals surface area contributed by atoms with Gasteiger partial charge in [0.2, 0.25) is 10.0 Å². The lowest BCUT2D eigenvalue weighted by Crippen LogP contribution is -2.52. The second kappa shape index (κ2) is 6.90. The fraction of sp³-hybridized carbons (Fsp3) is 0.353. The van der Waals surface area contributed by atoms with Gasteiger partial charge in [0.15, 0.2) is 0 Å². The quantitative estimate of drug-likeness (QED) is 0.572. The molecule has 0 unspecified atom stereocenters. The van der Waals surface area contributed by atoms with Crippen molar-refractivity contribution in [2.24, 2.45) is 0 Å². The molecule has 1 aromatic heterocycles. The van der Waals surface area contributed by atoms with Crippen molar-refractivity contribution in [3.63, 3.8) is 0 Å². The lowest BCUT2D eigenvalue weighted by atomic mass is 10.1. The highest BCUT2D eigenvalue weighted by Gasteiger charge is 2.46. The number of pyridine rings is 1. The standard InChI is InChI=1S/C17H18N4O4S/c1-17(15(22)19-16(23)20-17)12-26(24,25)21-10-7-13(8-11-21)5-6-14-4-2-3-9-18-14/h2-4,7,9H,8,10-12H2,1H3,(H2,19,20,22,23)/t17-/m1/s1. The number of aromatic nitrogens is 1. The fourth-order valence-electron chi connectivity index (χ4n) is 2.74. The van der Waals surface area contributed by atoms with Gasteiger partial charge in [-0.15, -0.1) is 0 Å². The van der Waals surface area contributed by atoms with Crippen molar-refractivity contribution < 1.29 is 18.0 Å². The first-order chi connectivity index (χ1) is 12.3. The Morgan fingerprint density at radius 3 is 2.69 bits per heavy atom. The maximum absolute atomic E-state index is 12.6. The van der Waals surface area contributed by atoms with E-state index in [0.29, 0.717) is 12.1 Å². The summed E-state index contributed by atoms with van der Waals surface area (Å²) in [6, 6.07) is 4.77. The van der Waals surface area contributed by atoms with Crippen LogP contribution in [0.3, 0.4) is 0 Å². The van der Waals surface area contributed by atoms with E-state index in [4.69, 9.17) is 0 Å². The summed E-state index contributed by atoms with van der Waals surface area (Å²) in [7, 11) is -3.72. The smallest absolute Gasteiger partial charge is 0.322 e. The molecule has 0 aliphatic carbocycles. The van der Waals surface area contributed by atoms with Crippen molar-refractivity contribution in [1.29, 1.82) is 0 Å². The van der Waals surface area contributed by atoms with Gasteiger partial charge in [-0.1, -0.05) is 18.1 Å². The van der Waals surface area contributed by atoms with E-state index < -0.39 is 33.3 Å². The van der Waals surface area contributed by atoms with Gasteiger partial charge in [0.1, 0.15) is 11.2 Å². The largest absolute Gasteiger partial charge is 0.322 e. The van der Waals surface area contributed by atoms with Crippen molar-refractivity contribution in [3.05, 3.63) is 41.7 Å². The summed E-state index contributed by atoms with van der Waals surface area (Å²) >= 11 is 0. The third-order valence-electron chi connectivity index (χ3n) is 4.17. The molecule has 3 heterocycles. The maximum atomic E-state index is 12.6. The molecule has 1 atom stereocenters. The van der Waals surface area contributed by atoms with Gasteiger partial charge >= 0.3 is 6.03 Å². The van der Waals surface area contributed by atoms with Gasteiger partial charge in [0, 0.05) is 24.9 Å². The van der Waals surface area contributed by atoms with Crippen molar-refractivity contribution in [2.45, 2.75) is 18.9 Å². The van der Waals surface area contributed by atoms with E-state index in [9.17, 15) is 18.0 Å². The van der Waals surface area contributed by atoms with Crippen LogP contribution >= 0.6 is 0 Å². The number of nitrogens with zero attached hydrogens (tertiary/aromatic N) is 2. The lowest BCUT2D eigenvalue weighted by Gasteiger charge is -2.28. The van der Waals surface area contributed by atoms with Crippen LogP contribution in [0.4, 0.5) is 4.79 Å². The van der Waals surface area contributed by atoms with Crippen LogP contribution in [0, 0.1) is 11.8 Å². The summed E-state index contributed by atoms with van der Waals surface area (Å²) in [6.07, 6.45) is 3.90. The first-order valence-electron chi connectivity index (χ1n) is 8.02. The molecule has 2 aliphatic heterocycles. The van der Waals surface area contributed by atoms with Crippen LogP contribution in [0.25, 0.3) is 0 Å². The molecule has 136 valence electrons. The number of carbonyl (C=O) groups excluding carboxylic acids is 2. The molecular formula is C17H18N4O4S. The monoisotopic (exact) mass is 374 g/mol. The summed E-state index contributed by atoms with van der Waals surface area (Å²) in [6.45, 7) is 1.85. The van der Waals surface area contributed by atoms with Gasteiger partial charge in [-0.25, -0.2) is 18.2 Å². The van der Waals surface area contributed by atoms with E-state index in [1.165, 1.54) is 11.2 Å². The molecule has 8 nitrogen and oxygen atoms in total. The van der Waals surface area contributed by atoms with E-state index in [1.807, 2.05) is 6.07 Å². The molecule has 1 aromatic rings. The average Bonchev–Trinajstić information content (AvgIpc) is 2.85. The van der Waals surface area contributed by atoms with E-state index in [1.54, 1.807) is 24.4 Å². The van der Waals surface area contributed by atoms with Crippen molar-refractivity contribution in [3.8, 4) is 11.8 Å². The molecule has 0 bridgehead atoms. The van der Waals surface area contributed by atoms with Crippen molar-refractivity contribution in [2.75, 3.05) is 18.8 Å².